The van der Waals surface area contributed by atoms with Crippen molar-refractivity contribution in [3.63, 3.8) is 0 Å². The number of ether oxygens (including phenoxy) is 1. The molecule has 0 radical (unpaired) electrons. The van der Waals surface area contributed by atoms with Crippen LogP contribution in [0.2, 0.25) is 0 Å². The van der Waals surface area contributed by atoms with Gasteiger partial charge in [-0.15, -0.1) is 0 Å². The van der Waals surface area contributed by atoms with Crippen LogP contribution in [0.15, 0.2) is 12.1 Å². The van der Waals surface area contributed by atoms with Gasteiger partial charge in [-0.3, -0.25) is 4.79 Å². The summed E-state index contributed by atoms with van der Waals surface area (Å²) < 4.78 is 6.98. The van der Waals surface area contributed by atoms with Crippen LogP contribution in [0.25, 0.3) is 0 Å². The third-order valence-electron chi connectivity index (χ3n) is 8.28. The number of phenols is 1. The second-order valence-electron chi connectivity index (χ2n) is 9.61. The van der Waals surface area contributed by atoms with Crippen molar-refractivity contribution >= 4 is 5.78 Å². The second kappa shape index (κ2) is 5.96. The summed E-state index contributed by atoms with van der Waals surface area (Å²) in [6.07, 6.45) is 4.42. The van der Waals surface area contributed by atoms with Crippen molar-refractivity contribution in [3.8, 4) is 11.5 Å². The number of rotatable bonds is 2. The first kappa shape index (κ1) is 20.2. The van der Waals surface area contributed by atoms with E-state index in [0.717, 1.165) is 47.5 Å². The van der Waals surface area contributed by atoms with Gasteiger partial charge in [-0.1, -0.05) is 13.5 Å². The van der Waals surface area contributed by atoms with E-state index in [9.17, 15) is 15.0 Å². The van der Waals surface area contributed by atoms with Gasteiger partial charge in [0.15, 0.2) is 23.4 Å². The summed E-state index contributed by atoms with van der Waals surface area (Å²) in [4.78, 5) is 12.8. The van der Waals surface area contributed by atoms with Crippen LogP contribution < -0.4 is 21.7 Å². The molecule has 2 heterocycles. The topological polar surface area (TPSA) is 66.8 Å². The molecule has 6 rings (SSSR count). The Kier molecular flexibility index (Phi) is 4.29. The van der Waals surface area contributed by atoms with Crippen molar-refractivity contribution in [2.75, 3.05) is 20.1 Å². The van der Waals surface area contributed by atoms with Crippen LogP contribution in [0, 0.1) is 5.92 Å². The molecule has 3 fully saturated rings. The number of carbonyl (C=O) groups is 1. The van der Waals surface area contributed by atoms with Gasteiger partial charge in [-0.25, -0.2) is 0 Å². The van der Waals surface area contributed by atoms with E-state index in [1.54, 1.807) is 6.07 Å². The lowest BCUT2D eigenvalue weighted by molar-refractivity contribution is -0.950. The summed E-state index contributed by atoms with van der Waals surface area (Å²) in [5.74, 6) is 1.42. The summed E-state index contributed by atoms with van der Waals surface area (Å²) in [6, 6.07) is 3.77. The van der Waals surface area contributed by atoms with Crippen LogP contribution in [0.1, 0.15) is 50.7 Å². The normalized spacial score (nSPS) is 42.0. The number of ketones is 1. The number of halogens is 1. The SMILES string of the molecule is C.C[N+]1(CC2CC2)CC[C@]23c4c5ccc(O)c4O[C@H]2C(=O)CC[C@@]3(O)[C@H]1C5.[Br-]. The highest BCUT2D eigenvalue weighted by molar-refractivity contribution is 5.90. The highest BCUT2D eigenvalue weighted by Gasteiger charge is 2.76. The predicted octanol–water partition coefficient (Wildman–Crippen LogP) is -0.690. The molecule has 0 amide bonds. The summed E-state index contributed by atoms with van der Waals surface area (Å²) in [5.41, 5.74) is 0.492. The molecule has 5 nitrogen and oxygen atoms in total. The minimum Gasteiger partial charge on any atom is -1.00 e. The minimum absolute atomic E-state index is 0. The highest BCUT2D eigenvalue weighted by atomic mass is 79.9. The van der Waals surface area contributed by atoms with Gasteiger partial charge in [0.2, 0.25) is 0 Å². The Morgan fingerprint density at radius 2 is 2.04 bits per heavy atom. The number of hydrogen-bond donors (Lipinski definition) is 2. The lowest BCUT2D eigenvalue weighted by atomic mass is 9.48. The number of likely N-dealkylation sites (tertiary alicyclic amines) is 1. The molecule has 2 bridgehead atoms. The van der Waals surface area contributed by atoms with Gasteiger partial charge in [0.25, 0.3) is 0 Å². The van der Waals surface area contributed by atoms with Crippen molar-refractivity contribution in [2.45, 2.75) is 69.1 Å². The molecule has 5 atom stereocenters. The number of aliphatic hydroxyl groups is 1. The second-order valence-corrected chi connectivity index (χ2v) is 9.61. The Balaban J connectivity index is 0.000000961. The van der Waals surface area contributed by atoms with Crippen LogP contribution >= 0.6 is 0 Å². The molecular formula is C22H30BrNO4. The third kappa shape index (κ3) is 2.12. The van der Waals surface area contributed by atoms with E-state index in [2.05, 4.69) is 7.05 Å². The van der Waals surface area contributed by atoms with Crippen molar-refractivity contribution in [2.24, 2.45) is 5.92 Å². The molecule has 2 saturated carbocycles. The number of phenolic OH excluding ortho intramolecular Hbond substituents is 1. The van der Waals surface area contributed by atoms with Gasteiger partial charge < -0.3 is 36.4 Å². The maximum atomic E-state index is 12.8. The first-order valence-corrected chi connectivity index (χ1v) is 10.0. The lowest BCUT2D eigenvalue weighted by Gasteiger charge is -2.64. The van der Waals surface area contributed by atoms with Gasteiger partial charge in [-0.2, -0.15) is 0 Å². The van der Waals surface area contributed by atoms with Crippen LogP contribution in [0.5, 0.6) is 11.5 Å². The van der Waals surface area contributed by atoms with E-state index in [-0.39, 0.29) is 42.0 Å². The highest BCUT2D eigenvalue weighted by Crippen LogP contribution is 2.65. The minimum atomic E-state index is -0.931. The Bertz CT molecular complexity index is 855. The zero-order valence-corrected chi connectivity index (χ0v) is 17.2. The van der Waals surface area contributed by atoms with Gasteiger partial charge in [0.05, 0.1) is 25.6 Å². The molecule has 5 aliphatic rings. The predicted molar refractivity (Wildman–Crippen MR) is 101 cm³/mol. The smallest absolute Gasteiger partial charge is 0.174 e. The fraction of sp³-hybridized carbons (Fsp3) is 0.682. The lowest BCUT2D eigenvalue weighted by Crippen LogP contribution is -3.00. The number of carbonyl (C=O) groups excluding carboxylic acids is 1. The molecule has 3 aliphatic carbocycles. The molecule has 154 valence electrons. The number of likely N-dealkylation sites (N-methyl/N-ethyl adjacent to an activating group) is 1. The van der Waals surface area contributed by atoms with E-state index >= 15 is 0 Å². The molecule has 6 heteroatoms. The molecule has 1 spiro atoms. The van der Waals surface area contributed by atoms with E-state index in [0.29, 0.717) is 18.6 Å². The van der Waals surface area contributed by atoms with E-state index in [4.69, 9.17) is 4.74 Å². The molecule has 1 unspecified atom stereocenters. The maximum Gasteiger partial charge on any atom is 0.174 e. The summed E-state index contributed by atoms with van der Waals surface area (Å²) >= 11 is 0. The zero-order valence-electron chi connectivity index (χ0n) is 15.6. The molecule has 2 N–H and O–H groups in total. The van der Waals surface area contributed by atoms with Crippen molar-refractivity contribution in [1.82, 2.24) is 0 Å². The third-order valence-corrected chi connectivity index (χ3v) is 8.28. The molecule has 0 aromatic heterocycles. The Labute approximate surface area is 177 Å². The Morgan fingerprint density at radius 1 is 1.29 bits per heavy atom. The number of hydrogen-bond acceptors (Lipinski definition) is 4. The van der Waals surface area contributed by atoms with E-state index in [1.165, 1.54) is 12.8 Å². The average molecular weight is 452 g/mol. The molecule has 2 aliphatic heterocycles. The summed E-state index contributed by atoms with van der Waals surface area (Å²) in [7, 11) is 2.31. The Hall–Kier alpha value is -1.11. The summed E-state index contributed by atoms with van der Waals surface area (Å²) in [6.45, 7) is 2.09. The molecule has 1 saturated heterocycles. The van der Waals surface area contributed by atoms with Crippen LogP contribution in [-0.4, -0.2) is 58.4 Å². The van der Waals surface area contributed by atoms with Gasteiger partial charge in [-0.05, 0) is 30.9 Å². The van der Waals surface area contributed by atoms with Crippen LogP contribution in [0.3, 0.4) is 0 Å². The number of nitrogens with zero attached hydrogens (tertiary/aromatic N) is 1. The van der Waals surface area contributed by atoms with Gasteiger partial charge in [0, 0.05) is 30.7 Å². The number of Topliss-reactive ketones (excluding diaryl/α,β-unsaturated/α-hetero) is 1. The molecule has 1 aromatic rings. The number of benzene rings is 1. The zero-order chi connectivity index (χ0) is 17.9. The maximum absolute atomic E-state index is 12.8. The van der Waals surface area contributed by atoms with E-state index < -0.39 is 17.1 Å². The van der Waals surface area contributed by atoms with Gasteiger partial charge in [0.1, 0.15) is 11.6 Å². The molecule has 28 heavy (non-hydrogen) atoms. The Morgan fingerprint density at radius 3 is 2.75 bits per heavy atom. The van der Waals surface area contributed by atoms with Crippen molar-refractivity contribution in [3.05, 3.63) is 23.3 Å². The first-order chi connectivity index (χ1) is 12.4. The molecule has 1 aromatic carbocycles. The fourth-order valence-corrected chi connectivity index (χ4v) is 6.94. The standard InChI is InChI=1S/C21H25NO4.CH4.BrH/c1-22(11-12-2-3-12)9-8-20-17-13-4-5-14(23)18(17)26-19(20)15(24)6-7-21(20,25)16(22)10-13;;/h4-5,12,16,19,25H,2-3,6-11H2,1H3;1H4;1H/t16-,19+,20+,21-,22?;;/m1../s1. The van der Waals surface area contributed by atoms with E-state index in [1.807, 2.05) is 6.07 Å². The van der Waals surface area contributed by atoms with Crippen LogP contribution in [0.4, 0.5) is 0 Å². The largest absolute Gasteiger partial charge is 1.00 e. The number of piperidine rings is 1. The fourth-order valence-electron chi connectivity index (χ4n) is 6.94. The number of quaternary nitrogens is 1. The van der Waals surface area contributed by atoms with Crippen molar-refractivity contribution in [1.29, 1.82) is 0 Å². The van der Waals surface area contributed by atoms with Crippen molar-refractivity contribution < 1.29 is 41.2 Å². The quantitative estimate of drug-likeness (QED) is 0.584. The average Bonchev–Trinajstić information content (AvgIpc) is 3.32. The van der Waals surface area contributed by atoms with Crippen LogP contribution in [-0.2, 0) is 16.6 Å². The first-order valence-electron chi connectivity index (χ1n) is 10.0. The summed E-state index contributed by atoms with van der Waals surface area (Å²) in [5, 5.41) is 22.5. The molecular weight excluding hydrogens is 422 g/mol. The van der Waals surface area contributed by atoms with Gasteiger partial charge >= 0.3 is 0 Å². The number of aromatic hydroxyl groups is 1. The monoisotopic (exact) mass is 451 g/mol.